The molecule has 0 aliphatic carbocycles. The van der Waals surface area contributed by atoms with Crippen LogP contribution in [-0.4, -0.2) is 23.3 Å². The van der Waals surface area contributed by atoms with Crippen LogP contribution in [0.2, 0.25) is 0 Å². The maximum Gasteiger partial charge on any atom is 0.233 e. The van der Waals surface area contributed by atoms with Crippen LogP contribution < -0.4 is 10.1 Å². The third-order valence-corrected chi connectivity index (χ3v) is 5.06. The van der Waals surface area contributed by atoms with Gasteiger partial charge in [-0.3, -0.25) is 4.79 Å². The number of ether oxygens (including phenoxy) is 1. The van der Waals surface area contributed by atoms with Gasteiger partial charge in [0, 0.05) is 17.6 Å². The summed E-state index contributed by atoms with van der Waals surface area (Å²) in [4.78, 5) is 16.4. The molecule has 0 saturated heterocycles. The van der Waals surface area contributed by atoms with Gasteiger partial charge >= 0.3 is 0 Å². The average Bonchev–Trinajstić information content (AvgIpc) is 2.90. The van der Waals surface area contributed by atoms with Crippen LogP contribution in [0.5, 0.6) is 5.75 Å². The Bertz CT molecular complexity index is 596. The van der Waals surface area contributed by atoms with Gasteiger partial charge in [-0.05, 0) is 31.5 Å². The van der Waals surface area contributed by atoms with Crippen molar-refractivity contribution in [2.75, 3.05) is 7.11 Å². The molecule has 1 aromatic carbocycles. The summed E-state index contributed by atoms with van der Waals surface area (Å²) in [7, 11) is 1.63. The van der Waals surface area contributed by atoms with E-state index in [-0.39, 0.29) is 11.2 Å². The minimum absolute atomic E-state index is 0.0173. The van der Waals surface area contributed by atoms with E-state index in [1.165, 1.54) is 11.8 Å². The standard InChI is InChI=1S/C15H18N2O2S2/c1-10-9-20-15(17-10)21-11(2)14(18)16-8-12-4-6-13(19-3)7-5-12/h4-7,9,11H,8H2,1-3H3,(H,16,18)/t11-/m1/s1. The van der Waals surface area contributed by atoms with E-state index in [4.69, 9.17) is 4.74 Å². The molecule has 1 amide bonds. The van der Waals surface area contributed by atoms with Crippen molar-refractivity contribution < 1.29 is 9.53 Å². The first-order valence-corrected chi connectivity index (χ1v) is 8.34. The predicted molar refractivity (Wildman–Crippen MR) is 87.0 cm³/mol. The number of rotatable bonds is 6. The molecule has 0 unspecified atom stereocenters. The van der Waals surface area contributed by atoms with Crippen molar-refractivity contribution in [1.82, 2.24) is 10.3 Å². The van der Waals surface area contributed by atoms with E-state index < -0.39 is 0 Å². The van der Waals surface area contributed by atoms with Crippen LogP contribution >= 0.6 is 23.1 Å². The second kappa shape index (κ2) is 7.47. The van der Waals surface area contributed by atoms with Crippen LogP contribution in [0.1, 0.15) is 18.2 Å². The molecule has 0 fully saturated rings. The zero-order valence-corrected chi connectivity index (χ0v) is 13.9. The number of nitrogens with zero attached hydrogens (tertiary/aromatic N) is 1. The minimum atomic E-state index is -0.159. The first-order valence-electron chi connectivity index (χ1n) is 6.58. The lowest BCUT2D eigenvalue weighted by molar-refractivity contribution is -0.120. The zero-order chi connectivity index (χ0) is 15.2. The molecule has 0 radical (unpaired) electrons. The number of methoxy groups -OCH3 is 1. The third kappa shape index (κ3) is 4.75. The Hall–Kier alpha value is -1.53. The van der Waals surface area contributed by atoms with Gasteiger partial charge in [0.15, 0.2) is 4.34 Å². The molecule has 0 aliphatic heterocycles. The number of thioether (sulfide) groups is 1. The molecule has 6 heteroatoms. The molecule has 1 N–H and O–H groups in total. The van der Waals surface area contributed by atoms with Crippen molar-refractivity contribution in [3.8, 4) is 5.75 Å². The molecular weight excluding hydrogens is 304 g/mol. The summed E-state index contributed by atoms with van der Waals surface area (Å²) in [6, 6.07) is 7.66. The number of carbonyl (C=O) groups is 1. The van der Waals surface area contributed by atoms with E-state index in [1.54, 1.807) is 18.4 Å². The predicted octanol–water partition coefficient (Wildman–Crippen LogP) is 3.26. The molecule has 0 saturated carbocycles. The SMILES string of the molecule is COc1ccc(CNC(=O)[C@@H](C)Sc2nc(C)cs2)cc1. The van der Waals surface area contributed by atoms with Crippen molar-refractivity contribution in [1.29, 1.82) is 0 Å². The zero-order valence-electron chi connectivity index (χ0n) is 12.3. The van der Waals surface area contributed by atoms with Crippen molar-refractivity contribution in [3.05, 3.63) is 40.9 Å². The van der Waals surface area contributed by atoms with E-state index in [1.807, 2.05) is 43.5 Å². The Morgan fingerprint density at radius 1 is 1.43 bits per heavy atom. The van der Waals surface area contributed by atoms with Crippen molar-refractivity contribution in [3.63, 3.8) is 0 Å². The molecule has 0 bridgehead atoms. The summed E-state index contributed by atoms with van der Waals surface area (Å²) in [5.41, 5.74) is 2.04. The van der Waals surface area contributed by atoms with Crippen LogP contribution in [0.4, 0.5) is 0 Å². The number of hydrogen-bond donors (Lipinski definition) is 1. The Kier molecular flexibility index (Phi) is 5.64. The Labute approximate surface area is 132 Å². The lowest BCUT2D eigenvalue weighted by atomic mass is 10.2. The summed E-state index contributed by atoms with van der Waals surface area (Å²) < 4.78 is 6.04. The summed E-state index contributed by atoms with van der Waals surface area (Å²) in [5, 5.41) is 4.77. The number of benzene rings is 1. The van der Waals surface area contributed by atoms with E-state index in [9.17, 15) is 4.79 Å². The number of aromatic nitrogens is 1. The van der Waals surface area contributed by atoms with E-state index in [2.05, 4.69) is 10.3 Å². The van der Waals surface area contributed by atoms with E-state index in [0.29, 0.717) is 6.54 Å². The number of hydrogen-bond acceptors (Lipinski definition) is 5. The second-order valence-electron chi connectivity index (χ2n) is 4.58. The molecule has 1 heterocycles. The number of thiazole rings is 1. The maximum absolute atomic E-state index is 12.1. The van der Waals surface area contributed by atoms with Gasteiger partial charge in [-0.2, -0.15) is 0 Å². The average molecular weight is 322 g/mol. The van der Waals surface area contributed by atoms with E-state index >= 15 is 0 Å². The van der Waals surface area contributed by atoms with Gasteiger partial charge in [0.2, 0.25) is 5.91 Å². The molecule has 1 aromatic heterocycles. The normalized spacial score (nSPS) is 12.0. The first-order chi connectivity index (χ1) is 10.1. The fourth-order valence-electron chi connectivity index (χ4n) is 1.67. The van der Waals surface area contributed by atoms with Crippen LogP contribution in [0.15, 0.2) is 34.0 Å². The third-order valence-electron chi connectivity index (χ3n) is 2.87. The lowest BCUT2D eigenvalue weighted by Crippen LogP contribution is -2.30. The van der Waals surface area contributed by atoms with Crippen molar-refractivity contribution in [2.45, 2.75) is 30.0 Å². The van der Waals surface area contributed by atoms with Gasteiger partial charge in [-0.1, -0.05) is 23.9 Å². The van der Waals surface area contributed by atoms with Gasteiger partial charge < -0.3 is 10.1 Å². The summed E-state index contributed by atoms with van der Waals surface area (Å²) in [5.74, 6) is 0.830. The van der Waals surface area contributed by atoms with Crippen LogP contribution in [0.25, 0.3) is 0 Å². The minimum Gasteiger partial charge on any atom is -0.497 e. The van der Waals surface area contributed by atoms with Gasteiger partial charge in [-0.15, -0.1) is 11.3 Å². The van der Waals surface area contributed by atoms with E-state index in [0.717, 1.165) is 21.3 Å². The fraction of sp³-hybridized carbons (Fsp3) is 0.333. The number of nitrogens with one attached hydrogen (secondary N) is 1. The maximum atomic E-state index is 12.1. The molecular formula is C15H18N2O2S2. The molecule has 21 heavy (non-hydrogen) atoms. The Morgan fingerprint density at radius 3 is 2.71 bits per heavy atom. The number of aryl methyl sites for hydroxylation is 1. The molecule has 1 atom stereocenters. The highest BCUT2D eigenvalue weighted by Crippen LogP contribution is 2.26. The molecule has 112 valence electrons. The second-order valence-corrected chi connectivity index (χ2v) is 7.03. The van der Waals surface area contributed by atoms with Crippen molar-refractivity contribution >= 4 is 29.0 Å². The first kappa shape index (κ1) is 15.9. The quantitative estimate of drug-likeness (QED) is 0.830. The lowest BCUT2D eigenvalue weighted by Gasteiger charge is -2.10. The van der Waals surface area contributed by atoms with Crippen molar-refractivity contribution in [2.24, 2.45) is 0 Å². The Morgan fingerprint density at radius 2 is 2.14 bits per heavy atom. The van der Waals surface area contributed by atoms with Crippen LogP contribution in [0.3, 0.4) is 0 Å². The number of amides is 1. The molecule has 4 nitrogen and oxygen atoms in total. The summed E-state index contributed by atoms with van der Waals surface area (Å²) in [6.07, 6.45) is 0. The van der Waals surface area contributed by atoms with Crippen LogP contribution in [0, 0.1) is 6.92 Å². The largest absolute Gasteiger partial charge is 0.497 e. The highest BCUT2D eigenvalue weighted by atomic mass is 32.2. The molecule has 2 rings (SSSR count). The monoisotopic (exact) mass is 322 g/mol. The smallest absolute Gasteiger partial charge is 0.233 e. The topological polar surface area (TPSA) is 51.2 Å². The molecule has 0 aliphatic rings. The van der Waals surface area contributed by atoms with Crippen LogP contribution in [-0.2, 0) is 11.3 Å². The summed E-state index contributed by atoms with van der Waals surface area (Å²) >= 11 is 3.06. The molecule has 2 aromatic rings. The van der Waals surface area contributed by atoms with Gasteiger partial charge in [0.1, 0.15) is 5.75 Å². The van der Waals surface area contributed by atoms with Gasteiger partial charge in [0.05, 0.1) is 12.4 Å². The summed E-state index contributed by atoms with van der Waals surface area (Å²) in [6.45, 7) is 4.37. The number of carbonyl (C=O) groups excluding carboxylic acids is 1. The highest BCUT2D eigenvalue weighted by molar-refractivity contribution is 8.02. The van der Waals surface area contributed by atoms with Gasteiger partial charge in [0.25, 0.3) is 0 Å². The van der Waals surface area contributed by atoms with Gasteiger partial charge in [-0.25, -0.2) is 4.98 Å². The Balaban J connectivity index is 1.82. The highest BCUT2D eigenvalue weighted by Gasteiger charge is 2.15. The molecule has 0 spiro atoms. The fourth-order valence-corrected chi connectivity index (χ4v) is 3.68.